The molecular weight excluding hydrogens is 243 g/mol. The molecule has 0 saturated carbocycles. The van der Waals surface area contributed by atoms with Crippen molar-refractivity contribution in [2.24, 2.45) is 0 Å². The minimum absolute atomic E-state index is 0.0917. The quantitative estimate of drug-likeness (QED) is 0.659. The number of hydrogen-bond donors (Lipinski definition) is 0. The van der Waals surface area contributed by atoms with Crippen LogP contribution in [-0.2, 0) is 0 Å². The Labute approximate surface area is 109 Å². The summed E-state index contributed by atoms with van der Waals surface area (Å²) in [6.07, 6.45) is 0. The Kier molecular flexibility index (Phi) is 2.67. The molecule has 3 heteroatoms. The summed E-state index contributed by atoms with van der Waals surface area (Å²) in [5.74, 6) is 0.210. The van der Waals surface area contributed by atoms with Crippen LogP contribution in [0.2, 0.25) is 0 Å². The van der Waals surface area contributed by atoms with Crippen LogP contribution in [0.4, 0.5) is 4.39 Å². The molecule has 0 N–H and O–H groups in total. The average molecular weight is 254 g/mol. The number of aryl methyl sites for hydroxylation is 1. The normalized spacial score (nSPS) is 10.8. The number of para-hydroxylation sites is 1. The molecule has 2 nitrogen and oxygen atoms in total. The maximum Gasteiger partial charge on any atom is 0.200 e. The van der Waals surface area contributed by atoms with Gasteiger partial charge in [-0.15, -0.1) is 0 Å². The number of fused-ring (bicyclic) bond motifs is 1. The van der Waals surface area contributed by atoms with Crippen molar-refractivity contribution < 1.29 is 8.81 Å². The molecule has 2 aromatic carbocycles. The highest BCUT2D eigenvalue weighted by Crippen LogP contribution is 2.23. The summed E-state index contributed by atoms with van der Waals surface area (Å²) in [7, 11) is 0. The fourth-order valence-corrected chi connectivity index (χ4v) is 2.20. The number of benzene rings is 2. The molecule has 0 aliphatic heterocycles. The lowest BCUT2D eigenvalue weighted by Crippen LogP contribution is -2.07. The van der Waals surface area contributed by atoms with E-state index < -0.39 is 0 Å². The predicted octanol–water partition coefficient (Wildman–Crippen LogP) is 3.91. The van der Waals surface area contributed by atoms with Crippen LogP contribution in [0.25, 0.3) is 22.1 Å². The Balaban J connectivity index is 2.35. The van der Waals surface area contributed by atoms with E-state index in [1.165, 1.54) is 12.1 Å². The second-order valence-corrected chi connectivity index (χ2v) is 4.37. The summed E-state index contributed by atoms with van der Waals surface area (Å²) >= 11 is 0. The molecule has 0 unspecified atom stereocenters. The Morgan fingerprint density at radius 1 is 1.00 bits per heavy atom. The Morgan fingerprint density at radius 2 is 1.68 bits per heavy atom. The third-order valence-corrected chi connectivity index (χ3v) is 3.11. The average Bonchev–Trinajstić information content (AvgIpc) is 2.41. The number of halogens is 1. The van der Waals surface area contributed by atoms with Crippen molar-refractivity contribution in [3.8, 4) is 11.1 Å². The Bertz CT molecular complexity index is 801. The summed E-state index contributed by atoms with van der Waals surface area (Å²) in [6, 6.07) is 13.0. The lowest BCUT2D eigenvalue weighted by molar-refractivity contribution is 0.567. The first kappa shape index (κ1) is 11.7. The van der Waals surface area contributed by atoms with Gasteiger partial charge in [-0.05, 0) is 36.8 Å². The first-order chi connectivity index (χ1) is 9.16. The van der Waals surface area contributed by atoms with Gasteiger partial charge in [-0.3, -0.25) is 4.79 Å². The van der Waals surface area contributed by atoms with Crippen LogP contribution in [0.3, 0.4) is 0 Å². The van der Waals surface area contributed by atoms with Crippen molar-refractivity contribution in [2.45, 2.75) is 6.92 Å². The lowest BCUT2D eigenvalue weighted by atomic mass is 10.0. The topological polar surface area (TPSA) is 30.2 Å². The van der Waals surface area contributed by atoms with E-state index in [0.717, 1.165) is 0 Å². The highest BCUT2D eigenvalue weighted by molar-refractivity contribution is 5.82. The third-order valence-electron chi connectivity index (χ3n) is 3.11. The van der Waals surface area contributed by atoms with E-state index >= 15 is 0 Å². The predicted molar refractivity (Wildman–Crippen MR) is 72.6 cm³/mol. The molecule has 0 radical (unpaired) electrons. The van der Waals surface area contributed by atoms with Crippen molar-refractivity contribution in [2.75, 3.05) is 0 Å². The van der Waals surface area contributed by atoms with Gasteiger partial charge < -0.3 is 4.42 Å². The molecule has 0 atom stereocenters. The van der Waals surface area contributed by atoms with E-state index in [9.17, 15) is 9.18 Å². The standard InChI is InChI=1S/C16H11FO2/c1-10-15(11-6-8-12(17)9-7-11)16(18)13-4-2-3-5-14(13)19-10/h2-9H,1H3. The molecule has 3 aromatic rings. The van der Waals surface area contributed by atoms with E-state index in [-0.39, 0.29) is 11.2 Å². The van der Waals surface area contributed by atoms with Gasteiger partial charge in [-0.2, -0.15) is 0 Å². The van der Waals surface area contributed by atoms with Crippen LogP contribution in [0, 0.1) is 12.7 Å². The zero-order valence-corrected chi connectivity index (χ0v) is 10.3. The molecule has 1 heterocycles. The van der Waals surface area contributed by atoms with Crippen molar-refractivity contribution in [3.05, 3.63) is 70.3 Å². The summed E-state index contributed by atoms with van der Waals surface area (Å²) in [6.45, 7) is 1.74. The van der Waals surface area contributed by atoms with Crippen molar-refractivity contribution in [3.63, 3.8) is 0 Å². The number of rotatable bonds is 1. The summed E-state index contributed by atoms with van der Waals surface area (Å²) in [5, 5.41) is 0.535. The summed E-state index contributed by atoms with van der Waals surface area (Å²) < 4.78 is 18.6. The fraction of sp³-hybridized carbons (Fsp3) is 0.0625. The van der Waals surface area contributed by atoms with Crippen LogP contribution in [0.1, 0.15) is 5.76 Å². The zero-order chi connectivity index (χ0) is 13.4. The Morgan fingerprint density at radius 3 is 2.42 bits per heavy atom. The SMILES string of the molecule is Cc1oc2ccccc2c(=O)c1-c1ccc(F)cc1. The monoisotopic (exact) mass is 254 g/mol. The first-order valence-corrected chi connectivity index (χ1v) is 5.95. The van der Waals surface area contributed by atoms with Gasteiger partial charge >= 0.3 is 0 Å². The third kappa shape index (κ3) is 1.93. The second kappa shape index (κ2) is 4.35. The minimum Gasteiger partial charge on any atom is -0.460 e. The van der Waals surface area contributed by atoms with Crippen molar-refractivity contribution in [1.82, 2.24) is 0 Å². The molecule has 1 aromatic heterocycles. The first-order valence-electron chi connectivity index (χ1n) is 5.95. The van der Waals surface area contributed by atoms with E-state index in [0.29, 0.717) is 27.9 Å². The van der Waals surface area contributed by atoms with Gasteiger partial charge in [-0.1, -0.05) is 24.3 Å². The highest BCUT2D eigenvalue weighted by Gasteiger charge is 2.12. The van der Waals surface area contributed by atoms with E-state index in [4.69, 9.17) is 4.42 Å². The summed E-state index contributed by atoms with van der Waals surface area (Å²) in [5.41, 5.74) is 1.62. The van der Waals surface area contributed by atoms with Gasteiger partial charge in [0.1, 0.15) is 17.2 Å². The van der Waals surface area contributed by atoms with Crippen LogP contribution in [-0.4, -0.2) is 0 Å². The summed E-state index contributed by atoms with van der Waals surface area (Å²) in [4.78, 5) is 12.5. The molecule has 0 spiro atoms. The highest BCUT2D eigenvalue weighted by atomic mass is 19.1. The molecule has 0 saturated heterocycles. The maximum absolute atomic E-state index is 13.0. The van der Waals surface area contributed by atoms with E-state index in [1.54, 1.807) is 37.3 Å². The van der Waals surface area contributed by atoms with Crippen molar-refractivity contribution in [1.29, 1.82) is 0 Å². The molecule has 94 valence electrons. The smallest absolute Gasteiger partial charge is 0.200 e. The molecular formula is C16H11FO2. The van der Waals surface area contributed by atoms with Gasteiger partial charge in [0.2, 0.25) is 5.43 Å². The van der Waals surface area contributed by atoms with Crippen LogP contribution in [0.5, 0.6) is 0 Å². The largest absolute Gasteiger partial charge is 0.460 e. The second-order valence-electron chi connectivity index (χ2n) is 4.37. The van der Waals surface area contributed by atoms with Gasteiger partial charge in [0.25, 0.3) is 0 Å². The van der Waals surface area contributed by atoms with Crippen LogP contribution in [0.15, 0.2) is 57.7 Å². The maximum atomic E-state index is 13.0. The number of hydrogen-bond acceptors (Lipinski definition) is 2. The fourth-order valence-electron chi connectivity index (χ4n) is 2.20. The molecule has 0 bridgehead atoms. The van der Waals surface area contributed by atoms with E-state index in [1.807, 2.05) is 6.07 Å². The van der Waals surface area contributed by atoms with E-state index in [2.05, 4.69) is 0 Å². The van der Waals surface area contributed by atoms with Crippen molar-refractivity contribution >= 4 is 11.0 Å². The Hall–Kier alpha value is -2.42. The minimum atomic E-state index is -0.327. The molecule has 0 aliphatic carbocycles. The molecule has 0 amide bonds. The van der Waals surface area contributed by atoms with Gasteiger partial charge in [0, 0.05) is 0 Å². The van der Waals surface area contributed by atoms with Crippen LogP contribution < -0.4 is 5.43 Å². The molecule has 3 rings (SSSR count). The molecule has 0 fully saturated rings. The lowest BCUT2D eigenvalue weighted by Gasteiger charge is -2.06. The van der Waals surface area contributed by atoms with Gasteiger partial charge in [-0.25, -0.2) is 4.39 Å². The van der Waals surface area contributed by atoms with Gasteiger partial charge in [0.15, 0.2) is 0 Å². The molecule has 0 aliphatic rings. The molecule has 19 heavy (non-hydrogen) atoms. The van der Waals surface area contributed by atoms with Gasteiger partial charge in [0.05, 0.1) is 10.9 Å². The zero-order valence-electron chi connectivity index (χ0n) is 10.3. The van der Waals surface area contributed by atoms with Crippen LogP contribution >= 0.6 is 0 Å².